The van der Waals surface area contributed by atoms with Gasteiger partial charge in [-0.3, -0.25) is 9.67 Å². The highest BCUT2D eigenvalue weighted by Crippen LogP contribution is 2.24. The molecule has 4 heteroatoms. The van der Waals surface area contributed by atoms with Crippen molar-refractivity contribution in [3.05, 3.63) is 47.5 Å². The number of rotatable bonds is 4. The summed E-state index contributed by atoms with van der Waals surface area (Å²) in [6.45, 7) is 4.82. The maximum Gasteiger partial charge on any atom is 0.0653 e. The standard InChI is InChI=1S/C14H20N4/c1-10(2)13-8-14(18(3)17-13)11(9-15)12-6-4-5-7-16-12/h4-8,10-11H,9,15H2,1-3H3. The third kappa shape index (κ3) is 2.43. The fourth-order valence-electron chi connectivity index (χ4n) is 2.09. The van der Waals surface area contributed by atoms with Crippen molar-refractivity contribution in [2.24, 2.45) is 12.8 Å². The van der Waals surface area contributed by atoms with Crippen LogP contribution >= 0.6 is 0 Å². The fourth-order valence-corrected chi connectivity index (χ4v) is 2.09. The zero-order valence-corrected chi connectivity index (χ0v) is 11.2. The summed E-state index contributed by atoms with van der Waals surface area (Å²) >= 11 is 0. The SMILES string of the molecule is CC(C)c1cc(C(CN)c2ccccn2)n(C)n1. The largest absolute Gasteiger partial charge is 0.329 e. The lowest BCUT2D eigenvalue weighted by Gasteiger charge is -2.14. The minimum absolute atomic E-state index is 0.108. The number of hydrogen-bond acceptors (Lipinski definition) is 3. The van der Waals surface area contributed by atoms with Gasteiger partial charge >= 0.3 is 0 Å². The van der Waals surface area contributed by atoms with Gasteiger partial charge in [0.1, 0.15) is 0 Å². The van der Waals surface area contributed by atoms with Crippen molar-refractivity contribution in [1.29, 1.82) is 0 Å². The van der Waals surface area contributed by atoms with Crippen LogP contribution in [0.4, 0.5) is 0 Å². The lowest BCUT2D eigenvalue weighted by molar-refractivity contribution is 0.642. The van der Waals surface area contributed by atoms with Crippen LogP contribution in [0.5, 0.6) is 0 Å². The zero-order chi connectivity index (χ0) is 13.1. The van der Waals surface area contributed by atoms with E-state index in [-0.39, 0.29) is 5.92 Å². The molecule has 0 aromatic carbocycles. The fraction of sp³-hybridized carbons (Fsp3) is 0.429. The van der Waals surface area contributed by atoms with Gasteiger partial charge in [0.2, 0.25) is 0 Å². The molecule has 2 aromatic rings. The highest BCUT2D eigenvalue weighted by molar-refractivity contribution is 5.26. The molecule has 0 bridgehead atoms. The molecule has 0 spiro atoms. The third-order valence-electron chi connectivity index (χ3n) is 3.16. The predicted octanol–water partition coefficient (Wildman–Crippen LogP) is 2.03. The molecule has 2 aromatic heterocycles. The van der Waals surface area contributed by atoms with E-state index in [1.165, 1.54) is 0 Å². The van der Waals surface area contributed by atoms with Gasteiger partial charge in [-0.1, -0.05) is 19.9 Å². The van der Waals surface area contributed by atoms with Crippen molar-refractivity contribution in [3.8, 4) is 0 Å². The minimum Gasteiger partial charge on any atom is -0.329 e. The molecule has 0 radical (unpaired) electrons. The van der Waals surface area contributed by atoms with Crippen LogP contribution in [0.1, 0.15) is 42.8 Å². The molecule has 0 fully saturated rings. The molecule has 1 unspecified atom stereocenters. The highest BCUT2D eigenvalue weighted by Gasteiger charge is 2.19. The van der Waals surface area contributed by atoms with E-state index in [2.05, 4.69) is 30.0 Å². The third-order valence-corrected chi connectivity index (χ3v) is 3.16. The number of nitrogens with two attached hydrogens (primary N) is 1. The lowest BCUT2D eigenvalue weighted by atomic mass is 9.99. The van der Waals surface area contributed by atoms with E-state index in [9.17, 15) is 0 Å². The minimum atomic E-state index is 0.108. The predicted molar refractivity (Wildman–Crippen MR) is 72.4 cm³/mol. The first-order valence-corrected chi connectivity index (χ1v) is 6.28. The van der Waals surface area contributed by atoms with Crippen LogP contribution in [0.15, 0.2) is 30.5 Å². The Morgan fingerprint density at radius 3 is 2.56 bits per heavy atom. The van der Waals surface area contributed by atoms with Crippen molar-refractivity contribution in [1.82, 2.24) is 14.8 Å². The average Bonchev–Trinajstić information content (AvgIpc) is 2.74. The summed E-state index contributed by atoms with van der Waals surface area (Å²) in [6.07, 6.45) is 1.80. The quantitative estimate of drug-likeness (QED) is 0.895. The molecule has 0 saturated carbocycles. The summed E-state index contributed by atoms with van der Waals surface area (Å²) < 4.78 is 1.92. The number of hydrogen-bond donors (Lipinski definition) is 1. The number of nitrogens with zero attached hydrogens (tertiary/aromatic N) is 3. The van der Waals surface area contributed by atoms with Crippen LogP contribution in [0.3, 0.4) is 0 Å². The van der Waals surface area contributed by atoms with Crippen LogP contribution in [0.25, 0.3) is 0 Å². The van der Waals surface area contributed by atoms with E-state index in [4.69, 9.17) is 5.73 Å². The van der Waals surface area contributed by atoms with Crippen LogP contribution in [-0.4, -0.2) is 21.3 Å². The topological polar surface area (TPSA) is 56.7 Å². The van der Waals surface area contributed by atoms with Gasteiger partial charge in [-0.25, -0.2) is 0 Å². The Hall–Kier alpha value is -1.68. The molecule has 4 nitrogen and oxygen atoms in total. The molecule has 0 saturated heterocycles. The van der Waals surface area contributed by atoms with Gasteiger partial charge in [-0.05, 0) is 24.1 Å². The van der Waals surface area contributed by atoms with Gasteiger partial charge in [-0.2, -0.15) is 5.10 Å². The number of aromatic nitrogens is 3. The van der Waals surface area contributed by atoms with E-state index in [1.54, 1.807) is 6.20 Å². The number of aryl methyl sites for hydroxylation is 1. The second-order valence-electron chi connectivity index (χ2n) is 4.82. The van der Waals surface area contributed by atoms with Gasteiger partial charge in [0.25, 0.3) is 0 Å². The molecule has 2 rings (SSSR count). The van der Waals surface area contributed by atoms with E-state index >= 15 is 0 Å². The number of pyridine rings is 1. The first kappa shape index (κ1) is 12.8. The molecule has 0 aliphatic heterocycles. The molecule has 0 aliphatic carbocycles. The van der Waals surface area contributed by atoms with Crippen molar-refractivity contribution in [2.45, 2.75) is 25.7 Å². The van der Waals surface area contributed by atoms with Crippen LogP contribution < -0.4 is 5.73 Å². The highest BCUT2D eigenvalue weighted by atomic mass is 15.3. The Bertz CT molecular complexity index is 502. The maximum absolute atomic E-state index is 5.91. The molecular formula is C14H20N4. The lowest BCUT2D eigenvalue weighted by Crippen LogP contribution is -2.18. The normalized spacial score (nSPS) is 12.9. The van der Waals surface area contributed by atoms with Gasteiger partial charge in [0, 0.05) is 25.5 Å². The van der Waals surface area contributed by atoms with Gasteiger partial charge < -0.3 is 5.73 Å². The summed E-state index contributed by atoms with van der Waals surface area (Å²) in [6, 6.07) is 8.06. The molecule has 0 aliphatic rings. The Morgan fingerprint density at radius 2 is 2.06 bits per heavy atom. The van der Waals surface area contributed by atoms with E-state index in [0.29, 0.717) is 12.5 Å². The van der Waals surface area contributed by atoms with Crippen LogP contribution in [0.2, 0.25) is 0 Å². The zero-order valence-electron chi connectivity index (χ0n) is 11.2. The molecule has 18 heavy (non-hydrogen) atoms. The van der Waals surface area contributed by atoms with E-state index < -0.39 is 0 Å². The monoisotopic (exact) mass is 244 g/mol. The van der Waals surface area contributed by atoms with Crippen molar-refractivity contribution >= 4 is 0 Å². The summed E-state index contributed by atoms with van der Waals surface area (Å²) in [7, 11) is 1.97. The average molecular weight is 244 g/mol. The summed E-state index contributed by atoms with van der Waals surface area (Å²) in [4.78, 5) is 4.40. The molecular weight excluding hydrogens is 224 g/mol. The van der Waals surface area contributed by atoms with E-state index in [1.807, 2.05) is 29.9 Å². The Labute approximate surface area is 108 Å². The Morgan fingerprint density at radius 1 is 1.28 bits per heavy atom. The summed E-state index contributed by atoms with van der Waals surface area (Å²) in [5.74, 6) is 0.531. The van der Waals surface area contributed by atoms with Gasteiger partial charge in [0.15, 0.2) is 0 Å². The Balaban J connectivity index is 2.39. The maximum atomic E-state index is 5.91. The van der Waals surface area contributed by atoms with E-state index in [0.717, 1.165) is 17.1 Å². The van der Waals surface area contributed by atoms with Crippen molar-refractivity contribution in [3.63, 3.8) is 0 Å². The molecule has 2 heterocycles. The van der Waals surface area contributed by atoms with Gasteiger partial charge in [-0.15, -0.1) is 0 Å². The van der Waals surface area contributed by atoms with Crippen LogP contribution in [0, 0.1) is 0 Å². The molecule has 2 N–H and O–H groups in total. The second-order valence-corrected chi connectivity index (χ2v) is 4.82. The first-order chi connectivity index (χ1) is 8.63. The van der Waals surface area contributed by atoms with Gasteiger partial charge in [0.05, 0.1) is 17.3 Å². The molecule has 0 amide bonds. The Kier molecular flexibility index (Phi) is 3.77. The molecule has 1 atom stereocenters. The summed E-state index contributed by atoms with van der Waals surface area (Å²) in [5, 5.41) is 4.54. The van der Waals surface area contributed by atoms with Crippen molar-refractivity contribution in [2.75, 3.05) is 6.54 Å². The van der Waals surface area contributed by atoms with Crippen molar-refractivity contribution < 1.29 is 0 Å². The summed E-state index contributed by atoms with van der Waals surface area (Å²) in [5.41, 5.74) is 9.13. The van der Waals surface area contributed by atoms with Crippen LogP contribution in [-0.2, 0) is 7.05 Å². The first-order valence-electron chi connectivity index (χ1n) is 6.28. The second kappa shape index (κ2) is 5.31. The smallest absolute Gasteiger partial charge is 0.0653 e. The molecule has 96 valence electrons.